The van der Waals surface area contributed by atoms with Gasteiger partial charge in [0, 0.05) is 6.54 Å². The predicted octanol–water partition coefficient (Wildman–Crippen LogP) is 3.05. The first-order valence-corrected chi connectivity index (χ1v) is 12.1. The summed E-state index contributed by atoms with van der Waals surface area (Å²) in [7, 11) is 2.02. The van der Waals surface area contributed by atoms with Gasteiger partial charge in [0.05, 0.1) is 12.7 Å². The molecule has 0 radical (unpaired) electrons. The zero-order valence-corrected chi connectivity index (χ0v) is 18.2. The minimum absolute atomic E-state index is 0.0815. The normalized spacial score (nSPS) is 11.4. The van der Waals surface area contributed by atoms with Crippen LogP contribution in [0.5, 0.6) is 0 Å². The molecule has 0 aliphatic carbocycles. The molecule has 0 spiro atoms. The van der Waals surface area contributed by atoms with E-state index in [1.807, 2.05) is 19.0 Å². The Bertz CT molecular complexity index is 786. The van der Waals surface area contributed by atoms with Crippen molar-refractivity contribution in [2.75, 3.05) is 33.3 Å². The number of hydrogen-bond acceptors (Lipinski definition) is 2. The number of nitrogens with one attached hydrogen (secondary N) is 1. The summed E-state index contributed by atoms with van der Waals surface area (Å²) in [6.07, 6.45) is 1.96. The highest BCUT2D eigenvalue weighted by molar-refractivity contribution is 7.95. The lowest BCUT2D eigenvalue weighted by Gasteiger charge is -2.27. The lowest BCUT2D eigenvalue weighted by Crippen LogP contribution is -2.36. The van der Waals surface area contributed by atoms with Crippen LogP contribution in [0.3, 0.4) is 0 Å². The maximum atomic E-state index is 12.0. The molecule has 3 aromatic rings. The van der Waals surface area contributed by atoms with E-state index >= 15 is 0 Å². The maximum absolute atomic E-state index is 12.0. The zero-order chi connectivity index (χ0) is 20.5. The summed E-state index contributed by atoms with van der Waals surface area (Å²) in [6, 6.07) is 32.6. The summed E-state index contributed by atoms with van der Waals surface area (Å²) < 4.78 is 0. The molecule has 3 nitrogen and oxygen atoms in total. The maximum Gasteiger partial charge on any atom is 0.234 e. The molecule has 29 heavy (non-hydrogen) atoms. The van der Waals surface area contributed by atoms with E-state index in [1.54, 1.807) is 0 Å². The molecule has 0 fully saturated rings. The smallest absolute Gasteiger partial charge is 0.234 e. The fourth-order valence-corrected chi connectivity index (χ4v) is 8.11. The molecule has 150 valence electrons. The number of amides is 1. The van der Waals surface area contributed by atoms with Gasteiger partial charge in [-0.1, -0.05) is 54.6 Å². The predicted molar refractivity (Wildman–Crippen MR) is 126 cm³/mol. The van der Waals surface area contributed by atoms with E-state index < -0.39 is 7.26 Å². The summed E-state index contributed by atoms with van der Waals surface area (Å²) in [4.78, 5) is 13.9. The van der Waals surface area contributed by atoms with Crippen molar-refractivity contribution in [2.45, 2.75) is 6.42 Å². The fourth-order valence-electron chi connectivity index (χ4n) is 3.77. The average Bonchev–Trinajstić information content (AvgIpc) is 2.75. The van der Waals surface area contributed by atoms with Crippen LogP contribution in [0.25, 0.3) is 0 Å². The standard InChI is InChI=1S/C25H29N2OP/c1-27(2)21-25(28)26-19-12-20-29(22-13-6-3-7-14-22,23-15-8-4-9-16-23)24-17-10-5-11-18-24/h3-11,13-18H,12,19-21H2,1-2H3/p+1. The van der Waals surface area contributed by atoms with Crippen molar-refractivity contribution in [3.8, 4) is 0 Å². The minimum Gasteiger partial charge on any atom is -0.355 e. The Morgan fingerprint density at radius 2 is 1.17 bits per heavy atom. The summed E-state index contributed by atoms with van der Waals surface area (Å²) in [5.74, 6) is 0.0815. The van der Waals surface area contributed by atoms with Crippen molar-refractivity contribution < 1.29 is 4.79 Å². The Morgan fingerprint density at radius 3 is 1.55 bits per heavy atom. The molecule has 0 unspecified atom stereocenters. The summed E-state index contributed by atoms with van der Waals surface area (Å²) >= 11 is 0. The SMILES string of the molecule is CN(C)CC(=O)NCCC[P+](c1ccccc1)(c1ccccc1)c1ccccc1. The average molecular weight is 406 g/mol. The van der Waals surface area contributed by atoms with E-state index in [4.69, 9.17) is 0 Å². The first-order chi connectivity index (χ1) is 14.1. The number of benzene rings is 3. The van der Waals surface area contributed by atoms with Crippen molar-refractivity contribution in [1.82, 2.24) is 10.2 Å². The van der Waals surface area contributed by atoms with Gasteiger partial charge in [-0.05, 0) is 56.9 Å². The molecule has 0 aliphatic heterocycles. The van der Waals surface area contributed by atoms with Gasteiger partial charge in [-0.25, -0.2) is 0 Å². The summed E-state index contributed by atoms with van der Waals surface area (Å²) in [5.41, 5.74) is 0. The van der Waals surface area contributed by atoms with Crippen LogP contribution in [0.1, 0.15) is 6.42 Å². The molecule has 0 heterocycles. The molecular weight excluding hydrogens is 375 g/mol. The third-order valence-electron chi connectivity index (χ3n) is 5.04. The van der Waals surface area contributed by atoms with Gasteiger partial charge in [0.1, 0.15) is 23.2 Å². The Kier molecular flexibility index (Phi) is 7.57. The third-order valence-corrected chi connectivity index (χ3v) is 9.57. The second kappa shape index (κ2) is 10.3. The van der Waals surface area contributed by atoms with Gasteiger partial charge in [-0.2, -0.15) is 0 Å². The highest BCUT2D eigenvalue weighted by Crippen LogP contribution is 2.55. The number of likely N-dealkylation sites (N-methyl/N-ethyl adjacent to an activating group) is 1. The molecule has 1 N–H and O–H groups in total. The quantitative estimate of drug-likeness (QED) is 0.438. The lowest BCUT2D eigenvalue weighted by molar-refractivity contribution is -0.121. The number of rotatable bonds is 9. The van der Waals surface area contributed by atoms with Crippen LogP contribution < -0.4 is 21.2 Å². The van der Waals surface area contributed by atoms with E-state index in [2.05, 4.69) is 96.3 Å². The Hall–Kier alpha value is -2.48. The molecule has 3 rings (SSSR count). The Labute approximate surface area is 175 Å². The third kappa shape index (κ3) is 5.32. The number of hydrogen-bond donors (Lipinski definition) is 1. The molecule has 0 saturated carbocycles. The van der Waals surface area contributed by atoms with Crippen molar-refractivity contribution in [1.29, 1.82) is 0 Å². The second-order valence-electron chi connectivity index (χ2n) is 7.48. The van der Waals surface area contributed by atoms with Gasteiger partial charge in [0.15, 0.2) is 0 Å². The topological polar surface area (TPSA) is 32.3 Å². The first-order valence-electron chi connectivity index (χ1n) is 10.1. The molecule has 0 aliphatic rings. The highest BCUT2D eigenvalue weighted by atomic mass is 31.2. The monoisotopic (exact) mass is 405 g/mol. The molecule has 4 heteroatoms. The van der Waals surface area contributed by atoms with Gasteiger partial charge < -0.3 is 10.2 Å². The summed E-state index contributed by atoms with van der Waals surface area (Å²) in [6.45, 7) is 1.12. The molecule has 0 bridgehead atoms. The number of carbonyl (C=O) groups excluding carboxylic acids is 1. The van der Waals surface area contributed by atoms with E-state index in [9.17, 15) is 4.79 Å². The van der Waals surface area contributed by atoms with Crippen LogP contribution in [-0.4, -0.2) is 44.2 Å². The van der Waals surface area contributed by atoms with Crippen molar-refractivity contribution >= 4 is 29.1 Å². The van der Waals surface area contributed by atoms with E-state index in [-0.39, 0.29) is 5.91 Å². The minimum atomic E-state index is -1.80. The molecule has 1 amide bonds. The fraction of sp³-hybridized carbons (Fsp3) is 0.240. The van der Waals surface area contributed by atoms with Crippen LogP contribution >= 0.6 is 7.26 Å². The summed E-state index contributed by atoms with van der Waals surface area (Å²) in [5, 5.41) is 7.24. The van der Waals surface area contributed by atoms with Gasteiger partial charge in [-0.15, -0.1) is 0 Å². The zero-order valence-electron chi connectivity index (χ0n) is 17.3. The second-order valence-corrected chi connectivity index (χ2v) is 11.1. The van der Waals surface area contributed by atoms with Crippen LogP contribution in [-0.2, 0) is 4.79 Å². The molecule has 0 saturated heterocycles. The molecule has 3 aromatic carbocycles. The van der Waals surface area contributed by atoms with E-state index in [1.165, 1.54) is 15.9 Å². The molecule has 0 atom stereocenters. The van der Waals surface area contributed by atoms with Crippen LogP contribution in [0, 0.1) is 0 Å². The largest absolute Gasteiger partial charge is 0.355 e. The lowest BCUT2D eigenvalue weighted by atomic mass is 10.3. The number of carbonyl (C=O) groups is 1. The van der Waals surface area contributed by atoms with Crippen molar-refractivity contribution in [3.63, 3.8) is 0 Å². The van der Waals surface area contributed by atoms with Gasteiger partial charge >= 0.3 is 0 Å². The van der Waals surface area contributed by atoms with Gasteiger partial charge in [0.25, 0.3) is 0 Å². The van der Waals surface area contributed by atoms with Crippen molar-refractivity contribution in [3.05, 3.63) is 91.0 Å². The van der Waals surface area contributed by atoms with E-state index in [0.29, 0.717) is 13.1 Å². The van der Waals surface area contributed by atoms with Crippen LogP contribution in [0.2, 0.25) is 0 Å². The Balaban J connectivity index is 1.94. The van der Waals surface area contributed by atoms with Crippen molar-refractivity contribution in [2.24, 2.45) is 0 Å². The molecular formula is C25H30N2OP+. The van der Waals surface area contributed by atoms with Gasteiger partial charge in [-0.3, -0.25) is 4.79 Å². The first kappa shape index (κ1) is 21.2. The number of nitrogens with zero attached hydrogens (tertiary/aromatic N) is 1. The Morgan fingerprint density at radius 1 is 0.759 bits per heavy atom. The van der Waals surface area contributed by atoms with E-state index in [0.717, 1.165) is 12.6 Å². The molecule has 0 aromatic heterocycles. The highest BCUT2D eigenvalue weighted by Gasteiger charge is 2.44. The van der Waals surface area contributed by atoms with Crippen LogP contribution in [0.4, 0.5) is 0 Å². The van der Waals surface area contributed by atoms with Gasteiger partial charge in [0.2, 0.25) is 5.91 Å². The van der Waals surface area contributed by atoms with Crippen LogP contribution in [0.15, 0.2) is 91.0 Å².